The molecule has 0 bridgehead atoms. The summed E-state index contributed by atoms with van der Waals surface area (Å²) < 4.78 is 0. The Hall–Kier alpha value is -1.33. The van der Waals surface area contributed by atoms with Crippen LogP contribution in [0, 0.1) is 11.3 Å². The molecule has 14 heavy (non-hydrogen) atoms. The van der Waals surface area contributed by atoms with E-state index >= 15 is 0 Å². The van der Waals surface area contributed by atoms with Gasteiger partial charge in [0.15, 0.2) is 0 Å². The summed E-state index contributed by atoms with van der Waals surface area (Å²) in [5.41, 5.74) is 8.82. The largest absolute Gasteiger partial charge is 0.330 e. The third-order valence-corrected chi connectivity index (χ3v) is 2.37. The van der Waals surface area contributed by atoms with Crippen molar-refractivity contribution in [1.29, 1.82) is 5.26 Å². The summed E-state index contributed by atoms with van der Waals surface area (Å²) in [4.78, 5) is 0. The van der Waals surface area contributed by atoms with Crippen molar-refractivity contribution in [1.82, 2.24) is 0 Å². The van der Waals surface area contributed by atoms with Crippen LogP contribution in [0.3, 0.4) is 0 Å². The molecular weight excluding hydrogens is 172 g/mol. The van der Waals surface area contributed by atoms with E-state index in [2.05, 4.69) is 13.0 Å². The molecule has 1 rings (SSSR count). The molecule has 1 aromatic rings. The van der Waals surface area contributed by atoms with Crippen molar-refractivity contribution < 1.29 is 0 Å². The van der Waals surface area contributed by atoms with Gasteiger partial charge in [-0.15, -0.1) is 0 Å². The zero-order valence-corrected chi connectivity index (χ0v) is 8.59. The van der Waals surface area contributed by atoms with E-state index in [4.69, 9.17) is 11.0 Å². The van der Waals surface area contributed by atoms with Crippen LogP contribution in [-0.4, -0.2) is 6.54 Å². The van der Waals surface area contributed by atoms with Gasteiger partial charge in [-0.1, -0.05) is 13.0 Å². The molecule has 2 N–H and O–H groups in total. The van der Waals surface area contributed by atoms with Gasteiger partial charge in [0.2, 0.25) is 0 Å². The average Bonchev–Trinajstić information content (AvgIpc) is 2.25. The first-order chi connectivity index (χ1) is 6.81. The molecule has 74 valence electrons. The molecule has 0 atom stereocenters. The number of nitrogens with two attached hydrogens (primary N) is 1. The Morgan fingerprint density at radius 1 is 1.36 bits per heavy atom. The summed E-state index contributed by atoms with van der Waals surface area (Å²) in [6.07, 6.45) is 2.99. The van der Waals surface area contributed by atoms with E-state index in [0.717, 1.165) is 24.8 Å². The highest BCUT2D eigenvalue weighted by Crippen LogP contribution is 2.14. The van der Waals surface area contributed by atoms with Crippen molar-refractivity contribution in [2.75, 3.05) is 6.54 Å². The highest BCUT2D eigenvalue weighted by molar-refractivity contribution is 5.38. The Bertz CT molecular complexity index is 337. The van der Waals surface area contributed by atoms with Crippen molar-refractivity contribution in [2.45, 2.75) is 26.2 Å². The molecule has 0 aliphatic carbocycles. The van der Waals surface area contributed by atoms with Gasteiger partial charge >= 0.3 is 0 Å². The van der Waals surface area contributed by atoms with Crippen LogP contribution in [0.15, 0.2) is 18.2 Å². The van der Waals surface area contributed by atoms with Gasteiger partial charge in [0.05, 0.1) is 11.6 Å². The second-order valence-corrected chi connectivity index (χ2v) is 3.34. The lowest BCUT2D eigenvalue weighted by Gasteiger charge is -2.07. The number of rotatable bonds is 4. The average molecular weight is 188 g/mol. The Balaban J connectivity index is 2.91. The molecule has 0 fully saturated rings. The maximum atomic E-state index is 8.78. The standard InChI is InChI=1S/C12H16N2/c1-2-11-6-5-10(9-14)8-12(11)4-3-7-13/h5-6,8H,2-4,7,13H2,1H3. The zero-order valence-electron chi connectivity index (χ0n) is 8.59. The van der Waals surface area contributed by atoms with Crippen molar-refractivity contribution >= 4 is 0 Å². The fraction of sp³-hybridized carbons (Fsp3) is 0.417. The summed E-state index contributed by atoms with van der Waals surface area (Å²) in [7, 11) is 0. The van der Waals surface area contributed by atoms with Crippen molar-refractivity contribution in [3.63, 3.8) is 0 Å². The van der Waals surface area contributed by atoms with E-state index < -0.39 is 0 Å². The molecule has 0 saturated carbocycles. The third kappa shape index (κ3) is 2.58. The Kier molecular flexibility index (Phi) is 4.15. The van der Waals surface area contributed by atoms with Crippen molar-refractivity contribution in [3.05, 3.63) is 34.9 Å². The second kappa shape index (κ2) is 5.41. The van der Waals surface area contributed by atoms with E-state index in [9.17, 15) is 0 Å². The molecule has 0 aliphatic heterocycles. The number of aryl methyl sites for hydroxylation is 2. The first-order valence-corrected chi connectivity index (χ1v) is 5.03. The number of hydrogen-bond acceptors (Lipinski definition) is 2. The van der Waals surface area contributed by atoms with Gasteiger partial charge < -0.3 is 5.73 Å². The summed E-state index contributed by atoms with van der Waals surface area (Å²) >= 11 is 0. The van der Waals surface area contributed by atoms with Crippen LogP contribution >= 0.6 is 0 Å². The van der Waals surface area contributed by atoms with Crippen LogP contribution in [0.4, 0.5) is 0 Å². The molecule has 0 saturated heterocycles. The maximum Gasteiger partial charge on any atom is 0.0991 e. The topological polar surface area (TPSA) is 49.8 Å². The molecule has 0 aromatic heterocycles. The minimum Gasteiger partial charge on any atom is -0.330 e. The van der Waals surface area contributed by atoms with E-state index in [1.54, 1.807) is 0 Å². The highest BCUT2D eigenvalue weighted by Gasteiger charge is 2.01. The molecule has 0 unspecified atom stereocenters. The van der Waals surface area contributed by atoms with Crippen LogP contribution < -0.4 is 5.73 Å². The normalized spacial score (nSPS) is 9.79. The number of hydrogen-bond donors (Lipinski definition) is 1. The fourth-order valence-corrected chi connectivity index (χ4v) is 1.57. The minimum atomic E-state index is 0.708. The van der Waals surface area contributed by atoms with Crippen LogP contribution in [0.25, 0.3) is 0 Å². The molecule has 0 amide bonds. The summed E-state index contributed by atoms with van der Waals surface area (Å²) in [6, 6.07) is 8.07. The first-order valence-electron chi connectivity index (χ1n) is 5.03. The van der Waals surface area contributed by atoms with E-state index in [-0.39, 0.29) is 0 Å². The van der Waals surface area contributed by atoms with Gasteiger partial charge in [0.1, 0.15) is 0 Å². The smallest absolute Gasteiger partial charge is 0.0991 e. The Morgan fingerprint density at radius 3 is 2.71 bits per heavy atom. The van der Waals surface area contributed by atoms with Gasteiger partial charge in [-0.3, -0.25) is 0 Å². The van der Waals surface area contributed by atoms with Gasteiger partial charge in [0, 0.05) is 0 Å². The lowest BCUT2D eigenvalue weighted by molar-refractivity contribution is 0.822. The highest BCUT2D eigenvalue weighted by atomic mass is 14.5. The van der Waals surface area contributed by atoms with E-state index in [0.29, 0.717) is 6.54 Å². The van der Waals surface area contributed by atoms with Crippen LogP contribution in [0.5, 0.6) is 0 Å². The predicted molar refractivity (Wildman–Crippen MR) is 57.9 cm³/mol. The maximum absolute atomic E-state index is 8.78. The van der Waals surface area contributed by atoms with Gasteiger partial charge in [-0.05, 0) is 49.1 Å². The monoisotopic (exact) mass is 188 g/mol. The summed E-state index contributed by atoms with van der Waals surface area (Å²) in [5.74, 6) is 0. The molecular formula is C12H16N2. The third-order valence-electron chi connectivity index (χ3n) is 2.37. The molecule has 2 nitrogen and oxygen atoms in total. The molecule has 2 heteroatoms. The molecule has 0 radical (unpaired) electrons. The van der Waals surface area contributed by atoms with Gasteiger partial charge in [0.25, 0.3) is 0 Å². The Morgan fingerprint density at radius 2 is 2.14 bits per heavy atom. The minimum absolute atomic E-state index is 0.708. The summed E-state index contributed by atoms with van der Waals surface area (Å²) in [6.45, 7) is 2.84. The summed E-state index contributed by atoms with van der Waals surface area (Å²) in [5, 5.41) is 8.78. The Labute approximate surface area is 85.4 Å². The zero-order chi connectivity index (χ0) is 10.4. The van der Waals surface area contributed by atoms with Gasteiger partial charge in [-0.25, -0.2) is 0 Å². The number of nitrogens with zero attached hydrogens (tertiary/aromatic N) is 1. The number of benzene rings is 1. The quantitative estimate of drug-likeness (QED) is 0.785. The molecule has 0 heterocycles. The molecule has 0 spiro atoms. The van der Waals surface area contributed by atoms with Gasteiger partial charge in [-0.2, -0.15) is 5.26 Å². The van der Waals surface area contributed by atoms with E-state index in [1.807, 2.05) is 18.2 Å². The van der Waals surface area contributed by atoms with Crippen LogP contribution in [-0.2, 0) is 12.8 Å². The van der Waals surface area contributed by atoms with Crippen LogP contribution in [0.2, 0.25) is 0 Å². The van der Waals surface area contributed by atoms with Crippen molar-refractivity contribution in [3.8, 4) is 6.07 Å². The first kappa shape index (κ1) is 10.7. The SMILES string of the molecule is CCc1ccc(C#N)cc1CCCN. The van der Waals surface area contributed by atoms with Crippen LogP contribution in [0.1, 0.15) is 30.0 Å². The second-order valence-electron chi connectivity index (χ2n) is 3.34. The molecule has 0 aliphatic rings. The predicted octanol–water partition coefficient (Wildman–Crippen LogP) is 2.01. The van der Waals surface area contributed by atoms with E-state index in [1.165, 1.54) is 11.1 Å². The lowest BCUT2D eigenvalue weighted by atomic mass is 9.99. The van der Waals surface area contributed by atoms with Crippen molar-refractivity contribution in [2.24, 2.45) is 5.73 Å². The lowest BCUT2D eigenvalue weighted by Crippen LogP contribution is -2.02. The molecule has 1 aromatic carbocycles. The fourth-order valence-electron chi connectivity index (χ4n) is 1.57. The number of nitriles is 1.